The topological polar surface area (TPSA) is 57.7 Å². The third-order valence-corrected chi connectivity index (χ3v) is 5.92. The molecule has 1 atom stereocenters. The molecular formula is C23H19FN2O3S. The highest BCUT2D eigenvalue weighted by Gasteiger charge is 2.44. The van der Waals surface area contributed by atoms with Crippen LogP contribution >= 0.6 is 11.3 Å². The van der Waals surface area contributed by atoms with E-state index in [4.69, 9.17) is 0 Å². The lowest BCUT2D eigenvalue weighted by Crippen LogP contribution is -2.46. The summed E-state index contributed by atoms with van der Waals surface area (Å²) < 4.78 is 13.3. The summed E-state index contributed by atoms with van der Waals surface area (Å²) >= 11 is 1.30. The Kier molecular flexibility index (Phi) is 5.72. The van der Waals surface area contributed by atoms with Crippen molar-refractivity contribution in [1.29, 1.82) is 0 Å². The first-order valence-electron chi connectivity index (χ1n) is 9.55. The molecule has 0 saturated carbocycles. The number of carbonyl (C=O) groups is 3. The number of hydrogen-bond donors (Lipinski definition) is 0. The van der Waals surface area contributed by atoms with Gasteiger partial charge in [0.15, 0.2) is 0 Å². The van der Waals surface area contributed by atoms with E-state index in [0.29, 0.717) is 23.5 Å². The van der Waals surface area contributed by atoms with Crippen molar-refractivity contribution in [2.24, 2.45) is 0 Å². The zero-order chi connectivity index (χ0) is 21.1. The van der Waals surface area contributed by atoms with E-state index in [1.807, 2.05) is 30.3 Å². The van der Waals surface area contributed by atoms with Crippen molar-refractivity contribution in [2.45, 2.75) is 18.9 Å². The first kappa shape index (κ1) is 20.0. The number of rotatable bonds is 6. The average molecular weight is 422 g/mol. The molecule has 5 nitrogen and oxygen atoms in total. The number of nitrogens with zero attached hydrogens (tertiary/aromatic N) is 2. The van der Waals surface area contributed by atoms with Crippen molar-refractivity contribution < 1.29 is 18.8 Å². The predicted molar refractivity (Wildman–Crippen MR) is 113 cm³/mol. The van der Waals surface area contributed by atoms with Crippen LogP contribution in [0.2, 0.25) is 0 Å². The summed E-state index contributed by atoms with van der Waals surface area (Å²) in [4.78, 5) is 42.0. The van der Waals surface area contributed by atoms with Crippen LogP contribution in [0.3, 0.4) is 0 Å². The monoisotopic (exact) mass is 422 g/mol. The van der Waals surface area contributed by atoms with Gasteiger partial charge in [-0.25, -0.2) is 9.29 Å². The molecule has 0 spiro atoms. The Balaban J connectivity index is 1.61. The molecule has 0 bridgehead atoms. The van der Waals surface area contributed by atoms with Gasteiger partial charge < -0.3 is 4.90 Å². The van der Waals surface area contributed by atoms with Gasteiger partial charge in [-0.15, -0.1) is 11.3 Å². The summed E-state index contributed by atoms with van der Waals surface area (Å²) in [5.74, 6) is -1.59. The minimum absolute atomic E-state index is 0.0951. The lowest BCUT2D eigenvalue weighted by Gasteiger charge is -2.27. The van der Waals surface area contributed by atoms with Crippen molar-refractivity contribution in [3.05, 3.63) is 88.4 Å². The standard InChI is InChI=1S/C23H19FN2O3S/c24-17-8-10-18(11-9-17)26-21(27)15-19(22(26)28)25(23(29)20-7-4-14-30-20)13-12-16-5-2-1-3-6-16/h1-11,14,19H,12-13,15H2. The van der Waals surface area contributed by atoms with Crippen molar-refractivity contribution in [3.63, 3.8) is 0 Å². The van der Waals surface area contributed by atoms with Gasteiger partial charge in [0.2, 0.25) is 5.91 Å². The predicted octanol–water partition coefficient (Wildman–Crippen LogP) is 3.90. The van der Waals surface area contributed by atoms with E-state index < -0.39 is 23.7 Å². The second-order valence-electron chi connectivity index (χ2n) is 6.98. The maximum atomic E-state index is 13.3. The van der Waals surface area contributed by atoms with Gasteiger partial charge in [-0.3, -0.25) is 14.4 Å². The van der Waals surface area contributed by atoms with Gasteiger partial charge in [0.25, 0.3) is 11.8 Å². The van der Waals surface area contributed by atoms with E-state index in [9.17, 15) is 18.8 Å². The molecule has 152 valence electrons. The number of benzene rings is 2. The second kappa shape index (κ2) is 8.59. The molecule has 3 aromatic rings. The van der Waals surface area contributed by atoms with E-state index >= 15 is 0 Å². The van der Waals surface area contributed by atoms with E-state index in [1.165, 1.54) is 40.5 Å². The van der Waals surface area contributed by atoms with Crippen LogP contribution in [0.4, 0.5) is 10.1 Å². The molecule has 2 heterocycles. The summed E-state index contributed by atoms with van der Waals surface area (Å²) in [6, 6.07) is 17.5. The van der Waals surface area contributed by atoms with E-state index in [2.05, 4.69) is 0 Å². The minimum atomic E-state index is -0.888. The summed E-state index contributed by atoms with van der Waals surface area (Å²) in [6.07, 6.45) is 0.467. The SMILES string of the molecule is O=C1CC(N(CCc2ccccc2)C(=O)c2cccs2)C(=O)N1c1ccc(F)cc1. The Labute approximate surface area is 177 Å². The molecular weight excluding hydrogens is 403 g/mol. The first-order valence-corrected chi connectivity index (χ1v) is 10.4. The second-order valence-corrected chi connectivity index (χ2v) is 7.92. The van der Waals surface area contributed by atoms with Crippen LogP contribution in [0.15, 0.2) is 72.1 Å². The third-order valence-electron chi connectivity index (χ3n) is 5.06. The molecule has 1 aliphatic rings. The van der Waals surface area contributed by atoms with E-state index in [-0.39, 0.29) is 12.3 Å². The Morgan fingerprint density at radius 1 is 1.03 bits per heavy atom. The maximum Gasteiger partial charge on any atom is 0.264 e. The van der Waals surface area contributed by atoms with Gasteiger partial charge in [0.1, 0.15) is 11.9 Å². The molecule has 1 fully saturated rings. The molecule has 4 rings (SSSR count). The Bertz CT molecular complexity index is 1050. The van der Waals surface area contributed by atoms with Gasteiger partial charge in [-0.2, -0.15) is 0 Å². The first-order chi connectivity index (χ1) is 14.5. The lowest BCUT2D eigenvalue weighted by molar-refractivity contribution is -0.122. The quantitative estimate of drug-likeness (QED) is 0.566. The van der Waals surface area contributed by atoms with Crippen LogP contribution < -0.4 is 4.90 Å². The Morgan fingerprint density at radius 3 is 2.43 bits per heavy atom. The molecule has 2 aromatic carbocycles. The smallest absolute Gasteiger partial charge is 0.264 e. The maximum absolute atomic E-state index is 13.3. The van der Waals surface area contributed by atoms with Crippen LogP contribution in [0.1, 0.15) is 21.7 Å². The van der Waals surface area contributed by atoms with Crippen molar-refractivity contribution in [3.8, 4) is 0 Å². The van der Waals surface area contributed by atoms with Gasteiger partial charge in [-0.05, 0) is 47.7 Å². The molecule has 1 saturated heterocycles. The minimum Gasteiger partial charge on any atom is -0.325 e. The largest absolute Gasteiger partial charge is 0.325 e. The molecule has 0 aliphatic carbocycles. The molecule has 7 heteroatoms. The van der Waals surface area contributed by atoms with Crippen LogP contribution in [0.5, 0.6) is 0 Å². The van der Waals surface area contributed by atoms with Crippen molar-refractivity contribution in [2.75, 3.05) is 11.4 Å². The zero-order valence-electron chi connectivity index (χ0n) is 16.0. The van der Waals surface area contributed by atoms with Gasteiger partial charge in [-0.1, -0.05) is 36.4 Å². The number of amides is 3. The highest BCUT2D eigenvalue weighted by Crippen LogP contribution is 2.27. The molecule has 3 amide bonds. The number of anilines is 1. The van der Waals surface area contributed by atoms with Crippen LogP contribution in [0.25, 0.3) is 0 Å². The van der Waals surface area contributed by atoms with E-state index in [1.54, 1.807) is 17.5 Å². The highest BCUT2D eigenvalue weighted by atomic mass is 32.1. The lowest BCUT2D eigenvalue weighted by atomic mass is 10.1. The number of hydrogen-bond acceptors (Lipinski definition) is 4. The molecule has 1 unspecified atom stereocenters. The number of thiophene rings is 1. The summed E-state index contributed by atoms with van der Waals surface area (Å²) in [5, 5.41) is 1.80. The van der Waals surface area contributed by atoms with Crippen LogP contribution in [-0.4, -0.2) is 35.2 Å². The third kappa shape index (κ3) is 4.02. The van der Waals surface area contributed by atoms with Gasteiger partial charge in [0, 0.05) is 6.54 Å². The highest BCUT2D eigenvalue weighted by molar-refractivity contribution is 7.12. The Hall–Kier alpha value is -3.32. The normalized spacial score (nSPS) is 16.2. The molecule has 1 aromatic heterocycles. The summed E-state index contributed by atoms with van der Waals surface area (Å²) in [6.45, 7) is 0.307. The average Bonchev–Trinajstić information content (AvgIpc) is 3.39. The number of imide groups is 1. The molecule has 30 heavy (non-hydrogen) atoms. The summed E-state index contributed by atoms with van der Waals surface area (Å²) in [7, 11) is 0. The Morgan fingerprint density at radius 2 is 1.77 bits per heavy atom. The van der Waals surface area contributed by atoms with Crippen LogP contribution in [0, 0.1) is 5.82 Å². The van der Waals surface area contributed by atoms with Crippen molar-refractivity contribution >= 4 is 34.7 Å². The van der Waals surface area contributed by atoms with Gasteiger partial charge >= 0.3 is 0 Å². The number of halogens is 1. The fourth-order valence-electron chi connectivity index (χ4n) is 3.56. The molecule has 0 N–H and O–H groups in total. The van der Waals surface area contributed by atoms with Crippen LogP contribution in [-0.2, 0) is 16.0 Å². The zero-order valence-corrected chi connectivity index (χ0v) is 16.8. The number of carbonyl (C=O) groups excluding carboxylic acids is 3. The van der Waals surface area contributed by atoms with Crippen molar-refractivity contribution in [1.82, 2.24) is 4.90 Å². The molecule has 1 aliphatic heterocycles. The van der Waals surface area contributed by atoms with E-state index in [0.717, 1.165) is 10.5 Å². The fourth-order valence-corrected chi connectivity index (χ4v) is 4.23. The molecule has 0 radical (unpaired) electrons. The fraction of sp³-hybridized carbons (Fsp3) is 0.174. The summed E-state index contributed by atoms with van der Waals surface area (Å²) in [5.41, 5.74) is 1.34. The van der Waals surface area contributed by atoms with Gasteiger partial charge in [0.05, 0.1) is 17.0 Å².